The Kier molecular flexibility index (Phi) is 3.92. The van der Waals surface area contributed by atoms with E-state index in [9.17, 15) is 12.8 Å². The second-order valence-electron chi connectivity index (χ2n) is 4.89. The molecule has 5 nitrogen and oxygen atoms in total. The lowest BCUT2D eigenvalue weighted by atomic mass is 10.3. The van der Waals surface area contributed by atoms with E-state index < -0.39 is 15.8 Å². The van der Waals surface area contributed by atoms with E-state index in [0.717, 1.165) is 23.1 Å². The molecule has 8 heteroatoms. The maximum Gasteiger partial charge on any atom is 0.271 e. The fourth-order valence-electron chi connectivity index (χ4n) is 1.79. The maximum atomic E-state index is 13.5. The molecule has 2 N–H and O–H groups in total. The van der Waals surface area contributed by atoms with Crippen molar-refractivity contribution in [2.75, 3.05) is 4.72 Å². The van der Waals surface area contributed by atoms with Gasteiger partial charge in [0.15, 0.2) is 5.82 Å². The van der Waals surface area contributed by atoms with Crippen LogP contribution >= 0.6 is 11.3 Å². The Morgan fingerprint density at radius 1 is 1.43 bits per heavy atom. The highest BCUT2D eigenvalue weighted by atomic mass is 32.2. The number of thiophene rings is 1. The average Bonchev–Trinajstić information content (AvgIpc) is 3.15. The highest BCUT2D eigenvalue weighted by Gasteiger charge is 2.22. The number of halogens is 1. The van der Waals surface area contributed by atoms with Gasteiger partial charge in [0.05, 0.1) is 11.9 Å². The second kappa shape index (κ2) is 5.70. The van der Waals surface area contributed by atoms with E-state index in [4.69, 9.17) is 0 Å². The van der Waals surface area contributed by atoms with Gasteiger partial charge in [-0.3, -0.25) is 9.71 Å². The SMILES string of the molecule is O=S(=O)(Nc1ccncc1F)c1cc(CNC2CC2)cs1. The van der Waals surface area contributed by atoms with E-state index in [1.165, 1.54) is 25.1 Å². The number of anilines is 1. The van der Waals surface area contributed by atoms with Crippen LogP contribution in [0.1, 0.15) is 18.4 Å². The summed E-state index contributed by atoms with van der Waals surface area (Å²) in [6.07, 6.45) is 4.66. The molecule has 3 rings (SSSR count). The fraction of sp³-hybridized carbons (Fsp3) is 0.308. The summed E-state index contributed by atoms with van der Waals surface area (Å²) >= 11 is 1.13. The minimum absolute atomic E-state index is 0.101. The molecule has 0 saturated heterocycles. The number of rotatable bonds is 6. The molecule has 1 aliphatic carbocycles. The van der Waals surface area contributed by atoms with Gasteiger partial charge in [0.25, 0.3) is 10.0 Å². The smallest absolute Gasteiger partial charge is 0.271 e. The quantitative estimate of drug-likeness (QED) is 0.854. The molecule has 112 valence electrons. The zero-order valence-corrected chi connectivity index (χ0v) is 12.7. The molecule has 2 aromatic rings. The van der Waals surface area contributed by atoms with Crippen molar-refractivity contribution in [1.82, 2.24) is 10.3 Å². The first-order valence-corrected chi connectivity index (χ1v) is 8.84. The number of sulfonamides is 1. The normalized spacial score (nSPS) is 15.1. The van der Waals surface area contributed by atoms with Gasteiger partial charge in [-0.1, -0.05) is 0 Å². The van der Waals surface area contributed by atoms with Crippen molar-refractivity contribution >= 4 is 27.0 Å². The van der Waals surface area contributed by atoms with Gasteiger partial charge >= 0.3 is 0 Å². The first-order chi connectivity index (χ1) is 10.0. The first kappa shape index (κ1) is 14.4. The molecular weight excluding hydrogens is 313 g/mol. The maximum absolute atomic E-state index is 13.5. The molecule has 0 unspecified atom stereocenters. The molecule has 0 spiro atoms. The Morgan fingerprint density at radius 3 is 2.95 bits per heavy atom. The Morgan fingerprint density at radius 2 is 2.24 bits per heavy atom. The van der Waals surface area contributed by atoms with Crippen LogP contribution in [0.25, 0.3) is 0 Å². The molecule has 0 aliphatic heterocycles. The molecule has 0 radical (unpaired) electrons. The van der Waals surface area contributed by atoms with Gasteiger partial charge in [-0.05, 0) is 35.9 Å². The van der Waals surface area contributed by atoms with Crippen LogP contribution < -0.4 is 10.0 Å². The Bertz CT molecular complexity index is 741. The topological polar surface area (TPSA) is 71.1 Å². The fourth-order valence-corrected chi connectivity index (χ4v) is 4.07. The van der Waals surface area contributed by atoms with Gasteiger partial charge in [-0.15, -0.1) is 11.3 Å². The van der Waals surface area contributed by atoms with E-state index in [1.807, 2.05) is 0 Å². The molecule has 1 saturated carbocycles. The molecule has 0 amide bonds. The van der Waals surface area contributed by atoms with E-state index >= 15 is 0 Å². The van der Waals surface area contributed by atoms with Gasteiger partial charge in [0.1, 0.15) is 4.21 Å². The van der Waals surface area contributed by atoms with Crippen LogP contribution in [0.15, 0.2) is 34.1 Å². The summed E-state index contributed by atoms with van der Waals surface area (Å²) in [6.45, 7) is 0.653. The van der Waals surface area contributed by atoms with Crippen molar-refractivity contribution in [2.24, 2.45) is 0 Å². The lowest BCUT2D eigenvalue weighted by molar-refractivity contribution is 0.599. The molecule has 2 aromatic heterocycles. The summed E-state index contributed by atoms with van der Waals surface area (Å²) in [4.78, 5) is 3.58. The standard InChI is InChI=1S/C13H14FN3O2S2/c14-11-7-15-4-3-12(11)17-21(18,19)13-5-9(8-20-13)6-16-10-1-2-10/h3-5,7-8,10,16H,1-2,6H2,(H,15,17). The van der Waals surface area contributed by atoms with Crippen LogP contribution in [0.3, 0.4) is 0 Å². The Labute approximate surface area is 126 Å². The minimum Gasteiger partial charge on any atom is -0.310 e. The summed E-state index contributed by atoms with van der Waals surface area (Å²) in [5.74, 6) is -0.701. The molecule has 21 heavy (non-hydrogen) atoms. The molecular formula is C13H14FN3O2S2. The number of nitrogens with zero attached hydrogens (tertiary/aromatic N) is 1. The summed E-state index contributed by atoms with van der Waals surface area (Å²) in [7, 11) is -3.76. The highest BCUT2D eigenvalue weighted by Crippen LogP contribution is 2.25. The molecule has 0 aromatic carbocycles. The number of nitrogens with one attached hydrogen (secondary N) is 2. The number of hydrogen-bond donors (Lipinski definition) is 2. The predicted molar refractivity (Wildman–Crippen MR) is 79.2 cm³/mol. The summed E-state index contributed by atoms with van der Waals surface area (Å²) in [5, 5.41) is 5.12. The molecule has 0 atom stereocenters. The summed E-state index contributed by atoms with van der Waals surface area (Å²) in [6, 6.07) is 3.46. The predicted octanol–water partition coefficient (Wildman–Crippen LogP) is 2.33. The van der Waals surface area contributed by atoms with Crippen LogP contribution in [0, 0.1) is 5.82 Å². The van der Waals surface area contributed by atoms with Crippen molar-refractivity contribution in [3.63, 3.8) is 0 Å². The van der Waals surface area contributed by atoms with E-state index in [0.29, 0.717) is 12.6 Å². The average molecular weight is 327 g/mol. The van der Waals surface area contributed by atoms with Crippen molar-refractivity contribution < 1.29 is 12.8 Å². The molecule has 0 bridgehead atoms. The van der Waals surface area contributed by atoms with Crippen LogP contribution in [0.4, 0.5) is 10.1 Å². The number of aromatic nitrogens is 1. The molecule has 2 heterocycles. The van der Waals surface area contributed by atoms with Gasteiger partial charge in [-0.25, -0.2) is 12.8 Å². The number of hydrogen-bond acceptors (Lipinski definition) is 5. The third-order valence-corrected chi connectivity index (χ3v) is 5.94. The van der Waals surface area contributed by atoms with E-state index in [1.54, 1.807) is 11.4 Å². The Balaban J connectivity index is 1.73. The third kappa shape index (κ3) is 3.58. The lowest BCUT2D eigenvalue weighted by Gasteiger charge is -2.06. The number of pyridine rings is 1. The largest absolute Gasteiger partial charge is 0.310 e. The molecule has 1 fully saturated rings. The zero-order valence-electron chi connectivity index (χ0n) is 11.0. The Hall–Kier alpha value is -1.51. The van der Waals surface area contributed by atoms with Crippen molar-refractivity contribution in [2.45, 2.75) is 29.6 Å². The van der Waals surface area contributed by atoms with Crippen LogP contribution in [0.2, 0.25) is 0 Å². The lowest BCUT2D eigenvalue weighted by Crippen LogP contribution is -2.15. The first-order valence-electron chi connectivity index (χ1n) is 6.48. The van der Waals surface area contributed by atoms with Gasteiger partial charge < -0.3 is 5.32 Å². The van der Waals surface area contributed by atoms with Gasteiger partial charge in [-0.2, -0.15) is 0 Å². The minimum atomic E-state index is -3.76. The monoisotopic (exact) mass is 327 g/mol. The van der Waals surface area contributed by atoms with Crippen LogP contribution in [0.5, 0.6) is 0 Å². The second-order valence-corrected chi connectivity index (χ2v) is 7.71. The third-order valence-electron chi connectivity index (χ3n) is 3.08. The van der Waals surface area contributed by atoms with Crippen molar-refractivity contribution in [1.29, 1.82) is 0 Å². The van der Waals surface area contributed by atoms with Crippen molar-refractivity contribution in [3.05, 3.63) is 41.3 Å². The van der Waals surface area contributed by atoms with Crippen LogP contribution in [-0.4, -0.2) is 19.4 Å². The zero-order chi connectivity index (χ0) is 14.9. The van der Waals surface area contributed by atoms with E-state index in [-0.39, 0.29) is 9.90 Å². The molecule has 1 aliphatic rings. The van der Waals surface area contributed by atoms with Crippen molar-refractivity contribution in [3.8, 4) is 0 Å². The summed E-state index contributed by atoms with van der Waals surface area (Å²) in [5.41, 5.74) is 0.818. The van der Waals surface area contributed by atoms with Gasteiger partial charge in [0, 0.05) is 18.8 Å². The van der Waals surface area contributed by atoms with E-state index in [2.05, 4.69) is 15.0 Å². The van der Waals surface area contributed by atoms with Gasteiger partial charge in [0.2, 0.25) is 0 Å². The summed E-state index contributed by atoms with van der Waals surface area (Å²) < 4.78 is 40.3. The van der Waals surface area contributed by atoms with Crippen LogP contribution in [-0.2, 0) is 16.6 Å². The highest BCUT2D eigenvalue weighted by molar-refractivity contribution is 7.94.